The van der Waals surface area contributed by atoms with Crippen molar-refractivity contribution in [2.75, 3.05) is 13.2 Å². The van der Waals surface area contributed by atoms with Gasteiger partial charge in [0.05, 0.1) is 5.92 Å². The second-order valence-electron chi connectivity index (χ2n) is 9.46. The molecule has 1 aliphatic heterocycles. The zero-order valence-corrected chi connectivity index (χ0v) is 19.9. The Morgan fingerprint density at radius 3 is 2.24 bits per heavy atom. The number of alkyl carbamates (subject to hydrolysis) is 1. The maximum Gasteiger partial charge on any atom is 0.408 e. The van der Waals surface area contributed by atoms with Crippen LogP contribution in [0.4, 0.5) is 4.79 Å². The molecular weight excluding hydrogens is 432 g/mol. The van der Waals surface area contributed by atoms with Crippen molar-refractivity contribution in [1.82, 2.24) is 10.2 Å². The maximum atomic E-state index is 13.4. The zero-order valence-electron chi connectivity index (χ0n) is 19.9. The van der Waals surface area contributed by atoms with Gasteiger partial charge in [-0.1, -0.05) is 55.5 Å². The Hall–Kier alpha value is -3.35. The summed E-state index contributed by atoms with van der Waals surface area (Å²) >= 11 is 0. The van der Waals surface area contributed by atoms with E-state index in [1.165, 1.54) is 0 Å². The third-order valence-corrected chi connectivity index (χ3v) is 7.47. The lowest BCUT2D eigenvalue weighted by atomic mass is 9.87. The van der Waals surface area contributed by atoms with Crippen LogP contribution in [0.2, 0.25) is 0 Å². The maximum absolute atomic E-state index is 13.4. The van der Waals surface area contributed by atoms with Gasteiger partial charge in [-0.25, -0.2) is 4.79 Å². The van der Waals surface area contributed by atoms with Crippen molar-refractivity contribution < 1.29 is 24.2 Å². The number of nitrogens with zero attached hydrogens (tertiary/aromatic N) is 1. The van der Waals surface area contributed by atoms with Gasteiger partial charge in [-0.15, -0.1) is 0 Å². The summed E-state index contributed by atoms with van der Waals surface area (Å²) in [5, 5.41) is 12.3. The highest BCUT2D eigenvalue weighted by Gasteiger charge is 2.43. The summed E-state index contributed by atoms with van der Waals surface area (Å²) in [5.41, 5.74) is 3.35. The number of hydrogen-bond acceptors (Lipinski definition) is 4. The molecule has 2 aliphatic rings. The Bertz CT molecular complexity index is 1050. The molecular formula is C27H32N2O5. The van der Waals surface area contributed by atoms with E-state index in [9.17, 15) is 19.5 Å². The SMILES string of the molecule is CCC(C)(NC(=O)OCC1c2ccccc2-c2ccccc21)C(=O)N1CCC[C@H](C(=O)O)[C@@H]1C. The number of likely N-dealkylation sites (tertiary alicyclic amines) is 1. The number of aliphatic carboxylic acids is 1. The van der Waals surface area contributed by atoms with Crippen LogP contribution in [0, 0.1) is 5.92 Å². The van der Waals surface area contributed by atoms with Crippen molar-refractivity contribution in [2.24, 2.45) is 5.92 Å². The van der Waals surface area contributed by atoms with Crippen molar-refractivity contribution in [1.29, 1.82) is 0 Å². The van der Waals surface area contributed by atoms with Gasteiger partial charge in [-0.3, -0.25) is 9.59 Å². The summed E-state index contributed by atoms with van der Waals surface area (Å²) in [6.07, 6.45) is 0.872. The molecule has 7 nitrogen and oxygen atoms in total. The summed E-state index contributed by atoms with van der Waals surface area (Å²) in [5.74, 6) is -1.84. The van der Waals surface area contributed by atoms with Gasteiger partial charge < -0.3 is 20.1 Å². The number of carbonyl (C=O) groups excluding carboxylic acids is 2. The van der Waals surface area contributed by atoms with Crippen LogP contribution in [0.3, 0.4) is 0 Å². The highest BCUT2D eigenvalue weighted by molar-refractivity contribution is 5.90. The summed E-state index contributed by atoms with van der Waals surface area (Å²) in [6.45, 7) is 5.90. The average molecular weight is 465 g/mol. The summed E-state index contributed by atoms with van der Waals surface area (Å²) in [6, 6.07) is 15.8. The van der Waals surface area contributed by atoms with E-state index in [4.69, 9.17) is 4.74 Å². The quantitative estimate of drug-likeness (QED) is 0.660. The highest BCUT2D eigenvalue weighted by Crippen LogP contribution is 2.44. The first-order valence-corrected chi connectivity index (χ1v) is 11.9. The van der Waals surface area contributed by atoms with E-state index in [0.29, 0.717) is 25.8 Å². The molecule has 4 rings (SSSR count). The van der Waals surface area contributed by atoms with Gasteiger partial charge in [0.1, 0.15) is 12.1 Å². The van der Waals surface area contributed by atoms with Crippen molar-refractivity contribution in [2.45, 2.75) is 57.5 Å². The van der Waals surface area contributed by atoms with Crippen molar-refractivity contribution in [3.63, 3.8) is 0 Å². The molecule has 1 unspecified atom stereocenters. The largest absolute Gasteiger partial charge is 0.481 e. The van der Waals surface area contributed by atoms with Gasteiger partial charge in [0.2, 0.25) is 5.91 Å². The van der Waals surface area contributed by atoms with Crippen LogP contribution in [-0.2, 0) is 14.3 Å². The molecule has 2 N–H and O–H groups in total. The molecule has 2 aromatic rings. The second-order valence-corrected chi connectivity index (χ2v) is 9.46. The molecule has 1 saturated heterocycles. The Morgan fingerprint density at radius 2 is 1.68 bits per heavy atom. The number of ether oxygens (including phenoxy) is 1. The van der Waals surface area contributed by atoms with Crippen LogP contribution in [0.25, 0.3) is 11.1 Å². The minimum atomic E-state index is -1.18. The van der Waals surface area contributed by atoms with Crippen molar-refractivity contribution >= 4 is 18.0 Å². The topological polar surface area (TPSA) is 95.9 Å². The first kappa shape index (κ1) is 23.8. The number of amides is 2. The van der Waals surface area contributed by atoms with Crippen molar-refractivity contribution in [3.05, 3.63) is 59.7 Å². The van der Waals surface area contributed by atoms with E-state index in [2.05, 4.69) is 29.6 Å². The lowest BCUT2D eigenvalue weighted by Crippen LogP contribution is -2.61. The van der Waals surface area contributed by atoms with Gasteiger partial charge >= 0.3 is 12.1 Å². The second kappa shape index (κ2) is 9.49. The Kier molecular flexibility index (Phi) is 6.64. The summed E-state index contributed by atoms with van der Waals surface area (Å²) in [7, 11) is 0. The fraction of sp³-hybridized carbons (Fsp3) is 0.444. The fourth-order valence-electron chi connectivity index (χ4n) is 5.23. The minimum Gasteiger partial charge on any atom is -0.481 e. The minimum absolute atomic E-state index is 0.0693. The Morgan fingerprint density at radius 1 is 1.09 bits per heavy atom. The Balaban J connectivity index is 1.45. The monoisotopic (exact) mass is 464 g/mol. The highest BCUT2D eigenvalue weighted by atomic mass is 16.5. The van der Waals surface area contributed by atoms with E-state index in [1.807, 2.05) is 31.2 Å². The molecule has 1 fully saturated rings. The molecule has 34 heavy (non-hydrogen) atoms. The van der Waals surface area contributed by atoms with E-state index in [-0.39, 0.29) is 18.4 Å². The number of carboxylic acid groups (broad SMARTS) is 1. The van der Waals surface area contributed by atoms with Gasteiger partial charge in [0.15, 0.2) is 0 Å². The third kappa shape index (κ3) is 4.27. The predicted molar refractivity (Wildman–Crippen MR) is 128 cm³/mol. The number of hydrogen-bond donors (Lipinski definition) is 2. The lowest BCUT2D eigenvalue weighted by Gasteiger charge is -2.42. The van der Waals surface area contributed by atoms with E-state index < -0.39 is 29.6 Å². The van der Waals surface area contributed by atoms with Gasteiger partial charge in [0.25, 0.3) is 0 Å². The van der Waals surface area contributed by atoms with E-state index >= 15 is 0 Å². The molecule has 0 aromatic heterocycles. The zero-order chi connectivity index (χ0) is 24.5. The number of fused-ring (bicyclic) bond motifs is 3. The van der Waals surface area contributed by atoms with Crippen LogP contribution < -0.4 is 5.32 Å². The van der Waals surface area contributed by atoms with Gasteiger partial charge in [-0.2, -0.15) is 0 Å². The first-order chi connectivity index (χ1) is 16.3. The molecule has 7 heteroatoms. The molecule has 0 saturated carbocycles. The number of nitrogens with one attached hydrogen (secondary N) is 1. The molecule has 0 radical (unpaired) electrons. The molecule has 0 bridgehead atoms. The van der Waals surface area contributed by atoms with Crippen LogP contribution in [0.1, 0.15) is 57.1 Å². The van der Waals surface area contributed by atoms with Crippen LogP contribution in [0.15, 0.2) is 48.5 Å². The standard InChI is InChI=1S/C27H32N2O5/c1-4-27(3,25(32)29-15-9-14-18(17(29)2)24(30)31)28-26(33)34-16-23-21-12-7-5-10-19(21)20-11-6-8-13-22(20)23/h5-8,10-13,17-18,23H,4,9,14-16H2,1-3H3,(H,28,33)(H,30,31)/t17-,18-,27?/m0/s1. The molecule has 180 valence electrons. The van der Waals surface area contributed by atoms with Gasteiger partial charge in [0, 0.05) is 18.5 Å². The Labute approximate surface area is 200 Å². The molecule has 2 amide bonds. The predicted octanol–water partition coefficient (Wildman–Crippen LogP) is 4.41. The number of rotatable bonds is 6. The van der Waals surface area contributed by atoms with Gasteiger partial charge in [-0.05, 0) is 55.4 Å². The normalized spacial score (nSPS) is 21.2. The molecule has 1 aliphatic carbocycles. The van der Waals surface area contributed by atoms with Crippen LogP contribution >= 0.6 is 0 Å². The van der Waals surface area contributed by atoms with Crippen LogP contribution in [0.5, 0.6) is 0 Å². The average Bonchev–Trinajstić information content (AvgIpc) is 3.16. The number of piperidine rings is 1. The summed E-state index contributed by atoms with van der Waals surface area (Å²) in [4.78, 5) is 39.4. The summed E-state index contributed by atoms with van der Waals surface area (Å²) < 4.78 is 5.65. The smallest absolute Gasteiger partial charge is 0.408 e. The number of benzene rings is 2. The molecule has 0 spiro atoms. The lowest BCUT2D eigenvalue weighted by molar-refractivity contribution is -0.151. The van der Waals surface area contributed by atoms with E-state index in [1.54, 1.807) is 18.7 Å². The van der Waals surface area contributed by atoms with E-state index in [0.717, 1.165) is 22.3 Å². The number of carboxylic acids is 1. The van der Waals surface area contributed by atoms with Crippen molar-refractivity contribution in [3.8, 4) is 11.1 Å². The first-order valence-electron chi connectivity index (χ1n) is 11.9. The third-order valence-electron chi connectivity index (χ3n) is 7.47. The number of carbonyl (C=O) groups is 3. The molecule has 1 heterocycles. The fourth-order valence-corrected chi connectivity index (χ4v) is 5.23. The molecule has 2 aromatic carbocycles. The molecule has 3 atom stereocenters. The van der Waals surface area contributed by atoms with Crippen LogP contribution in [-0.4, -0.2) is 52.7 Å².